The quantitative estimate of drug-likeness (QED) is 0.511. The summed E-state index contributed by atoms with van der Waals surface area (Å²) in [5, 5.41) is 0. The van der Waals surface area contributed by atoms with Gasteiger partial charge in [0.15, 0.2) is 0 Å². The number of Topliss-reactive ketones (excluding diaryl/α,β-unsaturated/α-hetero) is 2. The maximum absolute atomic E-state index is 13.6. The SMILES string of the molecule is CC1CCCc2c1ccc1c2C(=O)C(=O)c2c(-c3ccccc3)cn(S(=O)(=O)CCN(C)C)c2-1. The Morgan fingerprint density at radius 3 is 2.38 bits per heavy atom. The van der Waals surface area contributed by atoms with Crippen molar-refractivity contribution in [2.75, 3.05) is 26.4 Å². The van der Waals surface area contributed by atoms with Crippen molar-refractivity contribution < 1.29 is 18.0 Å². The van der Waals surface area contributed by atoms with Crippen LogP contribution in [0.1, 0.15) is 57.5 Å². The number of hydrogen-bond acceptors (Lipinski definition) is 5. The van der Waals surface area contributed by atoms with E-state index in [2.05, 4.69) is 6.92 Å². The zero-order valence-electron chi connectivity index (χ0n) is 19.7. The lowest BCUT2D eigenvalue weighted by atomic mass is 9.75. The van der Waals surface area contributed by atoms with Crippen LogP contribution in [-0.2, 0) is 16.4 Å². The zero-order chi connectivity index (χ0) is 24.2. The lowest BCUT2D eigenvalue weighted by Crippen LogP contribution is -2.29. The van der Waals surface area contributed by atoms with Gasteiger partial charge >= 0.3 is 0 Å². The Bertz CT molecular complexity index is 1420. The van der Waals surface area contributed by atoms with Crippen LogP contribution in [0, 0.1) is 0 Å². The lowest BCUT2D eigenvalue weighted by Gasteiger charge is -2.28. The van der Waals surface area contributed by atoms with E-state index in [4.69, 9.17) is 0 Å². The first-order valence-corrected chi connectivity index (χ1v) is 13.3. The van der Waals surface area contributed by atoms with E-state index in [1.807, 2.05) is 61.5 Å². The number of carbonyl (C=O) groups excluding carboxylic acids is 2. The van der Waals surface area contributed by atoms with E-state index >= 15 is 0 Å². The number of benzene rings is 2. The summed E-state index contributed by atoms with van der Waals surface area (Å²) in [6.07, 6.45) is 4.22. The van der Waals surface area contributed by atoms with E-state index in [0.29, 0.717) is 40.4 Å². The van der Waals surface area contributed by atoms with Crippen LogP contribution in [0.15, 0.2) is 48.7 Å². The third-order valence-corrected chi connectivity index (χ3v) is 8.60. The van der Waals surface area contributed by atoms with Gasteiger partial charge in [0.1, 0.15) is 0 Å². The van der Waals surface area contributed by atoms with Crippen molar-refractivity contribution in [3.8, 4) is 22.4 Å². The summed E-state index contributed by atoms with van der Waals surface area (Å²) in [6.45, 7) is 2.48. The topological polar surface area (TPSA) is 76.5 Å². The number of hydrogen-bond donors (Lipinski definition) is 0. The minimum atomic E-state index is -3.79. The second kappa shape index (κ2) is 8.32. The number of rotatable bonds is 5. The number of carbonyl (C=O) groups is 2. The molecule has 0 saturated heterocycles. The summed E-state index contributed by atoms with van der Waals surface area (Å²) in [5.74, 6) is -0.966. The van der Waals surface area contributed by atoms with E-state index in [-0.39, 0.29) is 11.3 Å². The van der Waals surface area contributed by atoms with Crippen molar-refractivity contribution in [2.24, 2.45) is 0 Å². The molecule has 0 aliphatic heterocycles. The number of aromatic nitrogens is 1. The normalized spacial score (nSPS) is 17.5. The average molecular weight is 477 g/mol. The Kier molecular flexibility index (Phi) is 5.57. The molecule has 5 rings (SSSR count). The van der Waals surface area contributed by atoms with Crippen LogP contribution >= 0.6 is 0 Å². The lowest BCUT2D eigenvalue weighted by molar-refractivity contribution is 0.0815. The Morgan fingerprint density at radius 2 is 1.68 bits per heavy atom. The van der Waals surface area contributed by atoms with E-state index in [1.165, 1.54) is 10.2 Å². The fourth-order valence-corrected chi connectivity index (χ4v) is 6.77. The highest BCUT2D eigenvalue weighted by Gasteiger charge is 2.40. The van der Waals surface area contributed by atoms with Crippen LogP contribution in [0.25, 0.3) is 22.4 Å². The Balaban J connectivity index is 1.83. The molecular formula is C27H28N2O4S. The Hall–Kier alpha value is -3.03. The van der Waals surface area contributed by atoms with Gasteiger partial charge in [-0.05, 0) is 56.0 Å². The van der Waals surface area contributed by atoms with Crippen molar-refractivity contribution in [2.45, 2.75) is 32.1 Å². The van der Waals surface area contributed by atoms with Crippen LogP contribution in [-0.4, -0.2) is 55.2 Å². The molecule has 2 aromatic carbocycles. The molecule has 7 heteroatoms. The first-order valence-electron chi connectivity index (χ1n) is 11.6. The summed E-state index contributed by atoms with van der Waals surface area (Å²) >= 11 is 0. The Labute approximate surface area is 200 Å². The molecule has 176 valence electrons. The van der Waals surface area contributed by atoms with Crippen molar-refractivity contribution in [3.63, 3.8) is 0 Å². The predicted octanol–water partition coefficient (Wildman–Crippen LogP) is 4.38. The highest BCUT2D eigenvalue weighted by Crippen LogP contribution is 2.45. The predicted molar refractivity (Wildman–Crippen MR) is 133 cm³/mol. The van der Waals surface area contributed by atoms with Gasteiger partial charge in [0, 0.05) is 29.4 Å². The van der Waals surface area contributed by atoms with Crippen molar-refractivity contribution in [1.82, 2.24) is 8.87 Å². The van der Waals surface area contributed by atoms with Gasteiger partial charge in [-0.3, -0.25) is 9.59 Å². The highest BCUT2D eigenvalue weighted by atomic mass is 32.2. The molecule has 3 aromatic rings. The van der Waals surface area contributed by atoms with Gasteiger partial charge in [0.2, 0.25) is 21.6 Å². The molecule has 1 aromatic heterocycles. The highest BCUT2D eigenvalue weighted by molar-refractivity contribution is 7.90. The summed E-state index contributed by atoms with van der Waals surface area (Å²) < 4.78 is 28.3. The molecule has 1 unspecified atom stereocenters. The molecule has 1 heterocycles. The number of ketones is 2. The first-order chi connectivity index (χ1) is 16.2. The van der Waals surface area contributed by atoms with Gasteiger partial charge in [0.05, 0.1) is 17.0 Å². The largest absolute Gasteiger partial charge is 0.308 e. The molecule has 0 saturated carbocycles. The van der Waals surface area contributed by atoms with Gasteiger partial charge < -0.3 is 4.90 Å². The smallest absolute Gasteiger partial charge is 0.240 e. The molecular weight excluding hydrogens is 448 g/mol. The summed E-state index contributed by atoms with van der Waals surface area (Å²) in [7, 11) is -0.147. The summed E-state index contributed by atoms with van der Waals surface area (Å²) in [5.41, 5.74) is 4.60. The molecule has 1 atom stereocenters. The second-order valence-electron chi connectivity index (χ2n) is 9.55. The third kappa shape index (κ3) is 3.54. The van der Waals surface area contributed by atoms with Gasteiger partial charge in [-0.25, -0.2) is 12.4 Å². The maximum Gasteiger partial charge on any atom is 0.240 e. The monoisotopic (exact) mass is 476 g/mol. The molecule has 0 amide bonds. The fourth-order valence-electron chi connectivity index (χ4n) is 5.24. The van der Waals surface area contributed by atoms with Crippen LogP contribution < -0.4 is 0 Å². The van der Waals surface area contributed by atoms with Crippen LogP contribution in [0.3, 0.4) is 0 Å². The molecule has 0 spiro atoms. The average Bonchev–Trinajstić information content (AvgIpc) is 3.23. The van der Waals surface area contributed by atoms with E-state index in [1.54, 1.807) is 0 Å². The minimum Gasteiger partial charge on any atom is -0.308 e. The minimum absolute atomic E-state index is 0.102. The van der Waals surface area contributed by atoms with Gasteiger partial charge in [-0.1, -0.05) is 49.4 Å². The van der Waals surface area contributed by atoms with Crippen molar-refractivity contribution in [1.29, 1.82) is 0 Å². The van der Waals surface area contributed by atoms with Crippen molar-refractivity contribution >= 4 is 21.6 Å². The third-order valence-electron chi connectivity index (χ3n) is 7.01. The van der Waals surface area contributed by atoms with Crippen molar-refractivity contribution in [3.05, 3.63) is 70.9 Å². The fraction of sp³-hybridized carbons (Fsp3) is 0.333. The zero-order valence-corrected chi connectivity index (χ0v) is 20.5. The second-order valence-corrected chi connectivity index (χ2v) is 11.5. The van der Waals surface area contributed by atoms with Gasteiger partial charge in [0.25, 0.3) is 0 Å². The van der Waals surface area contributed by atoms with E-state index in [9.17, 15) is 18.0 Å². The number of fused-ring (bicyclic) bond motifs is 5. The summed E-state index contributed by atoms with van der Waals surface area (Å²) in [4.78, 5) is 28.9. The molecule has 0 bridgehead atoms. The van der Waals surface area contributed by atoms with E-state index < -0.39 is 21.6 Å². The molecule has 0 radical (unpaired) electrons. The van der Waals surface area contributed by atoms with Crippen LogP contribution in [0.5, 0.6) is 0 Å². The number of nitrogens with zero attached hydrogens (tertiary/aromatic N) is 2. The first kappa shape index (κ1) is 22.7. The molecule has 0 fully saturated rings. The van der Waals surface area contributed by atoms with Gasteiger partial charge in [-0.2, -0.15) is 0 Å². The maximum atomic E-state index is 13.6. The van der Waals surface area contributed by atoms with Gasteiger partial charge in [-0.15, -0.1) is 0 Å². The van der Waals surface area contributed by atoms with Crippen LogP contribution in [0.2, 0.25) is 0 Å². The Morgan fingerprint density at radius 1 is 0.971 bits per heavy atom. The molecule has 0 N–H and O–H groups in total. The standard InChI is InChI=1S/C27H28N2O4S/c1-17-8-7-11-20-19(17)12-13-21-23(20)26(30)27(31)24-22(18-9-5-4-6-10-18)16-29(25(21)24)34(32,33)15-14-28(2)3/h4-6,9-10,12-13,16-17H,7-8,11,14-15H2,1-3H3. The molecule has 2 aliphatic carbocycles. The molecule has 6 nitrogen and oxygen atoms in total. The summed E-state index contributed by atoms with van der Waals surface area (Å²) in [6, 6.07) is 13.0. The molecule has 2 aliphatic rings. The van der Waals surface area contributed by atoms with E-state index in [0.717, 1.165) is 30.4 Å². The van der Waals surface area contributed by atoms with Crippen LogP contribution in [0.4, 0.5) is 0 Å². The molecule has 34 heavy (non-hydrogen) atoms.